The minimum atomic E-state index is -0.205. The van der Waals surface area contributed by atoms with E-state index in [0.29, 0.717) is 18.2 Å². The molecule has 0 saturated carbocycles. The Balaban J connectivity index is 1.73. The van der Waals surface area contributed by atoms with E-state index >= 15 is 0 Å². The maximum atomic E-state index is 12.0. The molecule has 0 spiro atoms. The number of hydrogen-bond acceptors (Lipinski definition) is 2. The van der Waals surface area contributed by atoms with Crippen molar-refractivity contribution < 1.29 is 9.53 Å². The van der Waals surface area contributed by atoms with E-state index in [1.807, 2.05) is 61.5 Å². The van der Waals surface area contributed by atoms with Crippen LogP contribution in [0.3, 0.4) is 0 Å². The predicted octanol–water partition coefficient (Wildman–Crippen LogP) is 4.17. The lowest BCUT2D eigenvalue weighted by atomic mass is 10.1. The van der Waals surface area contributed by atoms with Gasteiger partial charge in [0.25, 0.3) is 0 Å². The van der Waals surface area contributed by atoms with Crippen LogP contribution >= 0.6 is 11.6 Å². The number of urea groups is 1. The SMILES string of the molecule is CCC(NC(=O)NCCOc1ccccc1)c1ccc(Cl)cc1. The van der Waals surface area contributed by atoms with Crippen LogP contribution in [0.5, 0.6) is 5.75 Å². The molecule has 1 unspecified atom stereocenters. The number of halogens is 1. The Kier molecular flexibility index (Phi) is 6.76. The van der Waals surface area contributed by atoms with Crippen LogP contribution in [0.15, 0.2) is 54.6 Å². The topological polar surface area (TPSA) is 50.4 Å². The fourth-order valence-electron chi connectivity index (χ4n) is 2.18. The zero-order valence-corrected chi connectivity index (χ0v) is 13.8. The van der Waals surface area contributed by atoms with Crippen LogP contribution in [0.1, 0.15) is 24.9 Å². The number of nitrogens with one attached hydrogen (secondary N) is 2. The van der Waals surface area contributed by atoms with Gasteiger partial charge in [-0.3, -0.25) is 0 Å². The van der Waals surface area contributed by atoms with E-state index < -0.39 is 0 Å². The summed E-state index contributed by atoms with van der Waals surface area (Å²) in [6.45, 7) is 2.89. The normalized spacial score (nSPS) is 11.6. The molecule has 2 aromatic rings. The van der Waals surface area contributed by atoms with Gasteiger partial charge in [-0.1, -0.05) is 48.9 Å². The first-order valence-corrected chi connectivity index (χ1v) is 8.04. The van der Waals surface area contributed by atoms with E-state index in [0.717, 1.165) is 17.7 Å². The van der Waals surface area contributed by atoms with E-state index in [4.69, 9.17) is 16.3 Å². The Morgan fingerprint density at radius 1 is 1.13 bits per heavy atom. The van der Waals surface area contributed by atoms with Crippen LogP contribution in [0.4, 0.5) is 4.79 Å². The molecule has 23 heavy (non-hydrogen) atoms. The predicted molar refractivity (Wildman–Crippen MR) is 93.0 cm³/mol. The van der Waals surface area contributed by atoms with Crippen molar-refractivity contribution in [2.75, 3.05) is 13.2 Å². The Morgan fingerprint density at radius 2 is 1.83 bits per heavy atom. The minimum absolute atomic E-state index is 0.0395. The summed E-state index contributed by atoms with van der Waals surface area (Å²) in [6.07, 6.45) is 0.801. The molecule has 0 bridgehead atoms. The van der Waals surface area contributed by atoms with Gasteiger partial charge in [0.2, 0.25) is 0 Å². The maximum absolute atomic E-state index is 12.0. The fraction of sp³-hybridized carbons (Fsp3) is 0.278. The summed E-state index contributed by atoms with van der Waals surface area (Å²) in [5.41, 5.74) is 1.03. The number of carbonyl (C=O) groups excluding carboxylic acids is 1. The molecule has 2 aromatic carbocycles. The molecule has 0 saturated heterocycles. The van der Waals surface area contributed by atoms with Crippen molar-refractivity contribution in [2.24, 2.45) is 0 Å². The van der Waals surface area contributed by atoms with E-state index in [2.05, 4.69) is 10.6 Å². The highest BCUT2D eigenvalue weighted by Crippen LogP contribution is 2.18. The van der Waals surface area contributed by atoms with Crippen molar-refractivity contribution in [1.82, 2.24) is 10.6 Å². The van der Waals surface area contributed by atoms with Gasteiger partial charge in [-0.15, -0.1) is 0 Å². The van der Waals surface area contributed by atoms with E-state index in [9.17, 15) is 4.79 Å². The molecule has 0 heterocycles. The van der Waals surface area contributed by atoms with Gasteiger partial charge in [0.15, 0.2) is 0 Å². The Labute approximate surface area is 141 Å². The van der Waals surface area contributed by atoms with Crippen LogP contribution in [-0.4, -0.2) is 19.2 Å². The van der Waals surface area contributed by atoms with Crippen molar-refractivity contribution in [2.45, 2.75) is 19.4 Å². The number of rotatable bonds is 7. The smallest absolute Gasteiger partial charge is 0.315 e. The van der Waals surface area contributed by atoms with Crippen molar-refractivity contribution in [3.8, 4) is 5.75 Å². The molecular weight excluding hydrogens is 312 g/mol. The summed E-state index contributed by atoms with van der Waals surface area (Å²) in [4.78, 5) is 12.0. The molecule has 0 fully saturated rings. The zero-order valence-electron chi connectivity index (χ0n) is 13.1. The Bertz CT molecular complexity index is 602. The first kappa shape index (κ1) is 17.2. The van der Waals surface area contributed by atoms with Crippen LogP contribution < -0.4 is 15.4 Å². The molecule has 0 radical (unpaired) electrons. The quantitative estimate of drug-likeness (QED) is 0.748. The summed E-state index contributed by atoms with van der Waals surface area (Å²) in [7, 11) is 0. The van der Waals surface area contributed by atoms with Gasteiger partial charge in [-0.05, 0) is 36.2 Å². The average Bonchev–Trinajstić information content (AvgIpc) is 2.58. The number of amides is 2. The third-order valence-corrected chi connectivity index (χ3v) is 3.64. The molecule has 2 rings (SSSR count). The molecule has 2 N–H and O–H groups in total. The third kappa shape index (κ3) is 5.83. The van der Waals surface area contributed by atoms with E-state index in [1.165, 1.54) is 0 Å². The number of benzene rings is 2. The first-order chi connectivity index (χ1) is 11.2. The molecule has 122 valence electrons. The van der Waals surface area contributed by atoms with E-state index in [-0.39, 0.29) is 12.1 Å². The zero-order chi connectivity index (χ0) is 16.5. The van der Waals surface area contributed by atoms with E-state index in [1.54, 1.807) is 0 Å². The second-order valence-corrected chi connectivity index (χ2v) is 5.51. The Hall–Kier alpha value is -2.20. The van der Waals surface area contributed by atoms with Gasteiger partial charge in [0.05, 0.1) is 12.6 Å². The Morgan fingerprint density at radius 3 is 2.48 bits per heavy atom. The third-order valence-electron chi connectivity index (χ3n) is 3.39. The molecular formula is C18H21ClN2O2. The number of hydrogen-bond donors (Lipinski definition) is 2. The second-order valence-electron chi connectivity index (χ2n) is 5.07. The van der Waals surface area contributed by atoms with Crippen LogP contribution in [0.2, 0.25) is 5.02 Å². The summed E-state index contributed by atoms with van der Waals surface area (Å²) < 4.78 is 5.53. The maximum Gasteiger partial charge on any atom is 0.315 e. The van der Waals surface area contributed by atoms with Gasteiger partial charge < -0.3 is 15.4 Å². The lowest BCUT2D eigenvalue weighted by molar-refractivity contribution is 0.232. The summed E-state index contributed by atoms with van der Waals surface area (Å²) >= 11 is 5.89. The molecule has 2 amide bonds. The van der Waals surface area contributed by atoms with Crippen molar-refractivity contribution in [1.29, 1.82) is 0 Å². The molecule has 0 aromatic heterocycles. The number of ether oxygens (including phenoxy) is 1. The molecule has 0 aliphatic heterocycles. The number of para-hydroxylation sites is 1. The minimum Gasteiger partial charge on any atom is -0.492 e. The molecule has 0 aliphatic carbocycles. The van der Waals surface area contributed by atoms with Crippen LogP contribution in [-0.2, 0) is 0 Å². The first-order valence-electron chi connectivity index (χ1n) is 7.66. The number of carbonyl (C=O) groups is 1. The van der Waals surface area contributed by atoms with Crippen molar-refractivity contribution in [3.05, 3.63) is 65.2 Å². The highest BCUT2D eigenvalue weighted by atomic mass is 35.5. The second kappa shape index (κ2) is 9.06. The van der Waals surface area contributed by atoms with Gasteiger partial charge in [-0.25, -0.2) is 4.79 Å². The summed E-state index contributed by atoms with van der Waals surface area (Å²) in [5.74, 6) is 0.794. The monoisotopic (exact) mass is 332 g/mol. The van der Waals surface area contributed by atoms with Gasteiger partial charge >= 0.3 is 6.03 Å². The summed E-state index contributed by atoms with van der Waals surface area (Å²) in [5, 5.41) is 6.44. The highest BCUT2D eigenvalue weighted by molar-refractivity contribution is 6.30. The molecule has 1 atom stereocenters. The fourth-order valence-corrected chi connectivity index (χ4v) is 2.30. The van der Waals surface area contributed by atoms with Gasteiger partial charge in [0, 0.05) is 5.02 Å². The van der Waals surface area contributed by atoms with Crippen LogP contribution in [0, 0.1) is 0 Å². The molecule has 5 heteroatoms. The average molecular weight is 333 g/mol. The standard InChI is InChI=1S/C18H21ClN2O2/c1-2-17(14-8-10-15(19)11-9-14)21-18(22)20-12-13-23-16-6-4-3-5-7-16/h3-11,17H,2,12-13H2,1H3,(H2,20,21,22). The lowest BCUT2D eigenvalue weighted by Gasteiger charge is -2.18. The molecule has 0 aliphatic rings. The van der Waals surface area contributed by atoms with Gasteiger partial charge in [0.1, 0.15) is 12.4 Å². The van der Waals surface area contributed by atoms with Crippen molar-refractivity contribution >= 4 is 17.6 Å². The largest absolute Gasteiger partial charge is 0.492 e. The van der Waals surface area contributed by atoms with Gasteiger partial charge in [-0.2, -0.15) is 0 Å². The lowest BCUT2D eigenvalue weighted by Crippen LogP contribution is -2.39. The van der Waals surface area contributed by atoms with Crippen molar-refractivity contribution in [3.63, 3.8) is 0 Å². The molecule has 4 nitrogen and oxygen atoms in total. The van der Waals surface area contributed by atoms with Crippen LogP contribution in [0.25, 0.3) is 0 Å². The highest BCUT2D eigenvalue weighted by Gasteiger charge is 2.12. The summed E-state index contributed by atoms with van der Waals surface area (Å²) in [6, 6.07) is 16.8.